The maximum Gasteiger partial charge on any atom is 0.240 e. The fraction of sp³-hybridized carbons (Fsp3) is 0.647. The number of ether oxygens (including phenoxy) is 2. The predicted octanol–water partition coefficient (Wildman–Crippen LogP) is 2.03. The SMILES string of the molecule is COCC1(CNS(=O)(=O)c2ccc(OC)c(C)c2C)CCNCC1.Cl. The van der Waals surface area contributed by atoms with Gasteiger partial charge in [-0.05, 0) is 63.0 Å². The second-order valence-corrected chi connectivity index (χ2v) is 8.26. The Balaban J connectivity index is 0.00000312. The lowest BCUT2D eigenvalue weighted by Crippen LogP contribution is -2.47. The van der Waals surface area contributed by atoms with Crippen LogP contribution in [0.1, 0.15) is 24.0 Å². The van der Waals surface area contributed by atoms with Gasteiger partial charge in [0.1, 0.15) is 5.75 Å². The lowest BCUT2D eigenvalue weighted by atomic mass is 9.80. The summed E-state index contributed by atoms with van der Waals surface area (Å²) in [6.07, 6.45) is 1.79. The van der Waals surface area contributed by atoms with E-state index in [1.807, 2.05) is 13.8 Å². The third-order valence-electron chi connectivity index (χ3n) is 4.95. The second kappa shape index (κ2) is 9.19. The Hall–Kier alpha value is -0.860. The molecule has 144 valence electrons. The summed E-state index contributed by atoms with van der Waals surface area (Å²) in [6, 6.07) is 3.31. The fourth-order valence-electron chi connectivity index (χ4n) is 3.24. The smallest absolute Gasteiger partial charge is 0.240 e. The highest BCUT2D eigenvalue weighted by Gasteiger charge is 2.34. The van der Waals surface area contributed by atoms with Gasteiger partial charge in [0, 0.05) is 19.1 Å². The number of hydrogen-bond acceptors (Lipinski definition) is 5. The van der Waals surface area contributed by atoms with Crippen LogP contribution in [0.15, 0.2) is 17.0 Å². The molecule has 1 aromatic carbocycles. The van der Waals surface area contributed by atoms with Crippen LogP contribution in [0.4, 0.5) is 0 Å². The number of hydrogen-bond donors (Lipinski definition) is 2. The van der Waals surface area contributed by atoms with E-state index in [9.17, 15) is 8.42 Å². The molecule has 1 aliphatic rings. The van der Waals surface area contributed by atoms with Crippen LogP contribution >= 0.6 is 12.4 Å². The molecule has 0 unspecified atom stereocenters. The summed E-state index contributed by atoms with van der Waals surface area (Å²) in [5.41, 5.74) is 1.41. The van der Waals surface area contributed by atoms with Gasteiger partial charge in [0.2, 0.25) is 10.0 Å². The van der Waals surface area contributed by atoms with E-state index in [1.54, 1.807) is 26.4 Å². The second-order valence-electron chi connectivity index (χ2n) is 6.52. The van der Waals surface area contributed by atoms with Crippen LogP contribution in [0.5, 0.6) is 5.75 Å². The lowest BCUT2D eigenvalue weighted by molar-refractivity contribution is 0.0577. The van der Waals surface area contributed by atoms with Crippen molar-refractivity contribution in [3.63, 3.8) is 0 Å². The van der Waals surface area contributed by atoms with Crippen molar-refractivity contribution in [2.75, 3.05) is 40.5 Å². The van der Waals surface area contributed by atoms with Crippen molar-refractivity contribution in [2.45, 2.75) is 31.6 Å². The zero-order valence-electron chi connectivity index (χ0n) is 15.3. The first kappa shape index (κ1) is 22.2. The zero-order valence-corrected chi connectivity index (χ0v) is 17.0. The van der Waals surface area contributed by atoms with Gasteiger partial charge in [0.05, 0.1) is 18.6 Å². The molecule has 1 fully saturated rings. The van der Waals surface area contributed by atoms with Crippen LogP contribution in [-0.2, 0) is 14.8 Å². The van der Waals surface area contributed by atoms with E-state index >= 15 is 0 Å². The van der Waals surface area contributed by atoms with Gasteiger partial charge in [-0.2, -0.15) is 0 Å². The fourth-order valence-corrected chi connectivity index (χ4v) is 4.70. The average Bonchev–Trinajstić information content (AvgIpc) is 2.57. The molecule has 0 amide bonds. The van der Waals surface area contributed by atoms with Gasteiger partial charge in [-0.3, -0.25) is 0 Å². The molecule has 0 aliphatic carbocycles. The van der Waals surface area contributed by atoms with E-state index in [0.717, 1.165) is 31.5 Å². The minimum atomic E-state index is -3.58. The molecule has 6 nitrogen and oxygen atoms in total. The number of sulfonamides is 1. The van der Waals surface area contributed by atoms with Gasteiger partial charge in [-0.15, -0.1) is 12.4 Å². The van der Waals surface area contributed by atoms with Gasteiger partial charge < -0.3 is 14.8 Å². The molecule has 0 radical (unpaired) electrons. The summed E-state index contributed by atoms with van der Waals surface area (Å²) in [5.74, 6) is 0.695. The molecule has 0 aromatic heterocycles. The molecule has 8 heteroatoms. The van der Waals surface area contributed by atoms with Crippen LogP contribution in [0.25, 0.3) is 0 Å². The highest BCUT2D eigenvalue weighted by molar-refractivity contribution is 7.89. The Morgan fingerprint density at radius 2 is 1.80 bits per heavy atom. The molecule has 2 rings (SSSR count). The van der Waals surface area contributed by atoms with Crippen molar-refractivity contribution >= 4 is 22.4 Å². The Kier molecular flexibility index (Phi) is 8.15. The zero-order chi connectivity index (χ0) is 17.8. The lowest BCUT2D eigenvalue weighted by Gasteiger charge is -2.37. The first-order valence-electron chi connectivity index (χ1n) is 8.19. The number of methoxy groups -OCH3 is 2. The van der Waals surface area contributed by atoms with E-state index < -0.39 is 10.0 Å². The number of nitrogens with one attached hydrogen (secondary N) is 2. The molecular weight excluding hydrogens is 364 g/mol. The summed E-state index contributed by atoms with van der Waals surface area (Å²) in [7, 11) is -0.331. The van der Waals surface area contributed by atoms with Crippen molar-refractivity contribution in [3.8, 4) is 5.75 Å². The number of benzene rings is 1. The highest BCUT2D eigenvalue weighted by Crippen LogP contribution is 2.30. The van der Waals surface area contributed by atoms with E-state index in [-0.39, 0.29) is 17.8 Å². The molecule has 2 N–H and O–H groups in total. The van der Waals surface area contributed by atoms with Crippen molar-refractivity contribution in [2.24, 2.45) is 5.41 Å². The minimum absolute atomic E-state index is 0. The van der Waals surface area contributed by atoms with Crippen LogP contribution in [-0.4, -0.2) is 48.9 Å². The van der Waals surface area contributed by atoms with Crippen LogP contribution in [0, 0.1) is 19.3 Å². The molecule has 1 aliphatic heterocycles. The molecule has 0 bridgehead atoms. The first-order chi connectivity index (χ1) is 11.4. The molecule has 1 saturated heterocycles. The average molecular weight is 393 g/mol. The normalized spacial score (nSPS) is 17.0. The summed E-state index contributed by atoms with van der Waals surface area (Å²) in [4.78, 5) is 0.308. The van der Waals surface area contributed by atoms with E-state index in [0.29, 0.717) is 29.4 Å². The number of piperidine rings is 1. The molecule has 25 heavy (non-hydrogen) atoms. The largest absolute Gasteiger partial charge is 0.496 e. The van der Waals surface area contributed by atoms with Gasteiger partial charge in [0.15, 0.2) is 0 Å². The number of halogens is 1. The predicted molar refractivity (Wildman–Crippen MR) is 101 cm³/mol. The Morgan fingerprint density at radius 1 is 1.16 bits per heavy atom. The molecular formula is C17H29ClN2O4S. The minimum Gasteiger partial charge on any atom is -0.496 e. The van der Waals surface area contributed by atoms with Crippen LogP contribution < -0.4 is 14.8 Å². The van der Waals surface area contributed by atoms with Gasteiger partial charge in [-0.1, -0.05) is 0 Å². The Morgan fingerprint density at radius 3 is 2.36 bits per heavy atom. The molecule has 1 aromatic rings. The number of rotatable bonds is 7. The van der Waals surface area contributed by atoms with Crippen LogP contribution in [0.2, 0.25) is 0 Å². The molecule has 0 spiro atoms. The van der Waals surface area contributed by atoms with E-state index in [4.69, 9.17) is 9.47 Å². The quantitative estimate of drug-likeness (QED) is 0.742. The van der Waals surface area contributed by atoms with Gasteiger partial charge >= 0.3 is 0 Å². The third kappa shape index (κ3) is 5.08. The highest BCUT2D eigenvalue weighted by atomic mass is 35.5. The standard InChI is InChI=1S/C17H28N2O4S.ClH/c1-13-14(2)16(6-5-15(13)23-4)24(20,21)19-11-17(12-22-3)7-9-18-10-8-17;/h5-6,18-19H,7-12H2,1-4H3;1H. The van der Waals surface area contributed by atoms with Gasteiger partial charge in [0.25, 0.3) is 0 Å². The van der Waals surface area contributed by atoms with Crippen molar-refractivity contribution in [3.05, 3.63) is 23.3 Å². The van der Waals surface area contributed by atoms with Crippen LogP contribution in [0.3, 0.4) is 0 Å². The van der Waals surface area contributed by atoms with Crippen molar-refractivity contribution in [1.29, 1.82) is 0 Å². The van der Waals surface area contributed by atoms with E-state index in [2.05, 4.69) is 10.0 Å². The topological polar surface area (TPSA) is 76.7 Å². The maximum absolute atomic E-state index is 12.8. The molecule has 1 heterocycles. The van der Waals surface area contributed by atoms with Gasteiger partial charge in [-0.25, -0.2) is 13.1 Å². The summed E-state index contributed by atoms with van der Waals surface area (Å²) >= 11 is 0. The Bertz CT molecular complexity index is 668. The molecule has 0 saturated carbocycles. The monoisotopic (exact) mass is 392 g/mol. The Labute approximate surface area is 157 Å². The van der Waals surface area contributed by atoms with Crippen molar-refractivity contribution in [1.82, 2.24) is 10.0 Å². The summed E-state index contributed by atoms with van der Waals surface area (Å²) < 4.78 is 39.0. The summed E-state index contributed by atoms with van der Waals surface area (Å²) in [5, 5.41) is 3.31. The maximum atomic E-state index is 12.8. The molecule has 0 atom stereocenters. The van der Waals surface area contributed by atoms with E-state index in [1.165, 1.54) is 0 Å². The van der Waals surface area contributed by atoms with Crippen molar-refractivity contribution < 1.29 is 17.9 Å². The first-order valence-corrected chi connectivity index (χ1v) is 9.67. The summed E-state index contributed by atoms with van der Waals surface area (Å²) in [6.45, 7) is 6.37. The third-order valence-corrected chi connectivity index (χ3v) is 6.49.